The van der Waals surface area contributed by atoms with Crippen LogP contribution in [-0.4, -0.2) is 26.6 Å². The molecule has 0 bridgehead atoms. The number of hydrogen-bond donors (Lipinski definition) is 1. The zero-order valence-corrected chi connectivity index (χ0v) is 17.1. The normalized spacial score (nSPS) is 13.7. The second-order valence-corrected chi connectivity index (χ2v) is 8.74. The summed E-state index contributed by atoms with van der Waals surface area (Å²) in [5, 5.41) is 3.14. The standard InChI is InChI=1S/C19H22ClFN2O3S/c1-12-5-8-16(20)11-18(12)23(27(4,25)26)14(3)19(24)22-13(2)15-6-9-17(21)10-7-15/h5-11,13-14H,1-4H3,(H,22,24)/t13-,14+/m0/s1. The Balaban J connectivity index is 2.30. The van der Waals surface area contributed by atoms with E-state index in [-0.39, 0.29) is 5.82 Å². The van der Waals surface area contributed by atoms with Crippen LogP contribution in [0.2, 0.25) is 5.02 Å². The summed E-state index contributed by atoms with van der Waals surface area (Å²) in [4.78, 5) is 12.7. The Labute approximate surface area is 164 Å². The summed E-state index contributed by atoms with van der Waals surface area (Å²) < 4.78 is 38.9. The summed E-state index contributed by atoms with van der Waals surface area (Å²) in [6.45, 7) is 5.00. The van der Waals surface area contributed by atoms with Gasteiger partial charge in [0.25, 0.3) is 0 Å². The first-order chi connectivity index (χ1) is 12.5. The van der Waals surface area contributed by atoms with Crippen molar-refractivity contribution in [2.45, 2.75) is 32.9 Å². The Morgan fingerprint density at radius 1 is 1.15 bits per heavy atom. The minimum absolute atomic E-state index is 0.349. The quantitative estimate of drug-likeness (QED) is 0.784. The number of halogens is 2. The Morgan fingerprint density at radius 2 is 1.74 bits per heavy atom. The van der Waals surface area contributed by atoms with E-state index < -0.39 is 28.0 Å². The number of sulfonamides is 1. The zero-order chi connectivity index (χ0) is 20.4. The van der Waals surface area contributed by atoms with Crippen molar-refractivity contribution < 1.29 is 17.6 Å². The van der Waals surface area contributed by atoms with Crippen LogP contribution in [0.1, 0.15) is 31.0 Å². The molecule has 0 heterocycles. The molecular weight excluding hydrogens is 391 g/mol. The number of carbonyl (C=O) groups excluding carboxylic acids is 1. The molecule has 0 aliphatic rings. The van der Waals surface area contributed by atoms with Gasteiger partial charge >= 0.3 is 0 Å². The van der Waals surface area contributed by atoms with Crippen LogP contribution < -0.4 is 9.62 Å². The maximum atomic E-state index is 13.1. The number of benzene rings is 2. The van der Waals surface area contributed by atoms with Crippen LogP contribution in [0.15, 0.2) is 42.5 Å². The van der Waals surface area contributed by atoms with Crippen LogP contribution in [-0.2, 0) is 14.8 Å². The lowest BCUT2D eigenvalue weighted by Crippen LogP contribution is -2.48. The van der Waals surface area contributed by atoms with Gasteiger partial charge in [0.05, 0.1) is 18.0 Å². The fraction of sp³-hybridized carbons (Fsp3) is 0.316. The van der Waals surface area contributed by atoms with Gasteiger partial charge < -0.3 is 5.32 Å². The van der Waals surface area contributed by atoms with Crippen LogP contribution in [0.25, 0.3) is 0 Å². The minimum atomic E-state index is -3.74. The van der Waals surface area contributed by atoms with E-state index in [4.69, 9.17) is 11.6 Å². The number of rotatable bonds is 6. The molecule has 1 N–H and O–H groups in total. The van der Waals surface area contributed by atoms with E-state index in [1.165, 1.54) is 25.1 Å². The van der Waals surface area contributed by atoms with Gasteiger partial charge in [0.1, 0.15) is 11.9 Å². The van der Waals surface area contributed by atoms with Gasteiger partial charge in [0, 0.05) is 5.02 Å². The number of amides is 1. The van der Waals surface area contributed by atoms with E-state index in [1.807, 2.05) is 0 Å². The van der Waals surface area contributed by atoms with Crippen LogP contribution >= 0.6 is 11.6 Å². The molecule has 2 aromatic rings. The number of carbonyl (C=O) groups is 1. The smallest absolute Gasteiger partial charge is 0.244 e. The average Bonchev–Trinajstić information content (AvgIpc) is 2.57. The van der Waals surface area contributed by atoms with Crippen LogP contribution in [0, 0.1) is 12.7 Å². The lowest BCUT2D eigenvalue weighted by atomic mass is 10.1. The van der Waals surface area contributed by atoms with Crippen molar-refractivity contribution >= 4 is 33.2 Å². The Bertz CT molecular complexity index is 932. The predicted octanol–water partition coefficient (Wildman–Crippen LogP) is 3.82. The highest BCUT2D eigenvalue weighted by atomic mass is 35.5. The van der Waals surface area contributed by atoms with E-state index in [0.717, 1.165) is 10.6 Å². The number of aryl methyl sites for hydroxylation is 1. The first kappa shape index (κ1) is 21.2. The van der Waals surface area contributed by atoms with Crippen molar-refractivity contribution in [3.05, 3.63) is 64.4 Å². The summed E-state index contributed by atoms with van der Waals surface area (Å²) in [6, 6.07) is 9.21. The second-order valence-electron chi connectivity index (χ2n) is 6.45. The lowest BCUT2D eigenvalue weighted by molar-refractivity contribution is -0.122. The summed E-state index contributed by atoms with van der Waals surface area (Å²) in [6.07, 6.45) is 1.04. The van der Waals surface area contributed by atoms with Crippen LogP contribution in [0.3, 0.4) is 0 Å². The number of hydrogen-bond acceptors (Lipinski definition) is 3. The third kappa shape index (κ3) is 5.20. The molecule has 5 nitrogen and oxygen atoms in total. The van der Waals surface area contributed by atoms with Gasteiger partial charge in [-0.1, -0.05) is 29.8 Å². The van der Waals surface area contributed by atoms with Crippen molar-refractivity contribution in [2.24, 2.45) is 0 Å². The molecule has 2 rings (SSSR count). The average molecular weight is 413 g/mol. The molecule has 27 heavy (non-hydrogen) atoms. The van der Waals surface area contributed by atoms with E-state index >= 15 is 0 Å². The van der Waals surface area contributed by atoms with Gasteiger partial charge in [0.15, 0.2) is 0 Å². The molecule has 146 valence electrons. The Morgan fingerprint density at radius 3 is 2.30 bits per heavy atom. The van der Waals surface area contributed by atoms with Crippen molar-refractivity contribution in [3.63, 3.8) is 0 Å². The van der Waals surface area contributed by atoms with Gasteiger partial charge in [-0.05, 0) is 56.2 Å². The number of anilines is 1. The van der Waals surface area contributed by atoms with E-state index in [1.54, 1.807) is 38.1 Å². The molecule has 1 amide bonds. The molecule has 0 radical (unpaired) electrons. The van der Waals surface area contributed by atoms with Crippen molar-refractivity contribution in [2.75, 3.05) is 10.6 Å². The molecule has 8 heteroatoms. The SMILES string of the molecule is Cc1ccc(Cl)cc1N([C@H](C)C(=O)N[C@@H](C)c1ccc(F)cc1)S(C)(=O)=O. The molecule has 0 unspecified atom stereocenters. The molecule has 2 aromatic carbocycles. The predicted molar refractivity (Wildman–Crippen MR) is 106 cm³/mol. The molecule has 0 saturated heterocycles. The molecule has 0 spiro atoms. The minimum Gasteiger partial charge on any atom is -0.348 e. The lowest BCUT2D eigenvalue weighted by Gasteiger charge is -2.30. The van der Waals surface area contributed by atoms with E-state index in [0.29, 0.717) is 21.8 Å². The molecule has 2 atom stereocenters. The summed E-state index contributed by atoms with van der Waals surface area (Å²) >= 11 is 6.02. The first-order valence-electron chi connectivity index (χ1n) is 8.32. The fourth-order valence-corrected chi connectivity index (χ4v) is 4.16. The highest BCUT2D eigenvalue weighted by Gasteiger charge is 2.31. The van der Waals surface area contributed by atoms with Gasteiger partial charge in [0.2, 0.25) is 15.9 Å². The molecule has 0 aliphatic carbocycles. The van der Waals surface area contributed by atoms with Crippen molar-refractivity contribution in [1.29, 1.82) is 0 Å². The largest absolute Gasteiger partial charge is 0.348 e. The highest BCUT2D eigenvalue weighted by Crippen LogP contribution is 2.28. The fourth-order valence-electron chi connectivity index (χ4n) is 2.77. The van der Waals surface area contributed by atoms with Gasteiger partial charge in [-0.2, -0.15) is 0 Å². The Kier molecular flexibility index (Phi) is 6.49. The number of nitrogens with one attached hydrogen (secondary N) is 1. The Hall–Kier alpha value is -2.12. The van der Waals surface area contributed by atoms with Crippen molar-refractivity contribution in [1.82, 2.24) is 5.32 Å². The maximum Gasteiger partial charge on any atom is 0.244 e. The van der Waals surface area contributed by atoms with Crippen molar-refractivity contribution in [3.8, 4) is 0 Å². The monoisotopic (exact) mass is 412 g/mol. The van der Waals surface area contributed by atoms with Crippen LogP contribution in [0.5, 0.6) is 0 Å². The molecule has 0 aromatic heterocycles. The summed E-state index contributed by atoms with van der Waals surface area (Å²) in [7, 11) is -3.74. The third-order valence-electron chi connectivity index (χ3n) is 4.23. The van der Waals surface area contributed by atoms with Crippen LogP contribution in [0.4, 0.5) is 10.1 Å². The number of nitrogens with zero attached hydrogens (tertiary/aromatic N) is 1. The molecule has 0 aliphatic heterocycles. The second kappa shape index (κ2) is 8.27. The van der Waals surface area contributed by atoms with E-state index in [2.05, 4.69) is 5.32 Å². The summed E-state index contributed by atoms with van der Waals surface area (Å²) in [5.74, 6) is -0.845. The highest BCUT2D eigenvalue weighted by molar-refractivity contribution is 7.92. The van der Waals surface area contributed by atoms with Gasteiger partial charge in [-0.25, -0.2) is 12.8 Å². The third-order valence-corrected chi connectivity index (χ3v) is 5.69. The maximum absolute atomic E-state index is 13.1. The van der Waals surface area contributed by atoms with Gasteiger partial charge in [-0.3, -0.25) is 9.10 Å². The topological polar surface area (TPSA) is 66.5 Å². The molecule has 0 saturated carbocycles. The zero-order valence-electron chi connectivity index (χ0n) is 15.5. The molecule has 0 fully saturated rings. The van der Waals surface area contributed by atoms with E-state index in [9.17, 15) is 17.6 Å². The molecular formula is C19H22ClFN2O3S. The first-order valence-corrected chi connectivity index (χ1v) is 10.5. The van der Waals surface area contributed by atoms with Gasteiger partial charge in [-0.15, -0.1) is 0 Å². The summed E-state index contributed by atoms with van der Waals surface area (Å²) in [5.41, 5.74) is 1.74.